The maximum absolute atomic E-state index is 4.85. The molecule has 0 aliphatic rings. The molecule has 0 saturated heterocycles. The Kier molecular flexibility index (Phi) is 1.54. The van der Waals surface area contributed by atoms with Crippen molar-refractivity contribution in [3.05, 3.63) is 27.6 Å². The molecular weight excluding hydrogens is 226 g/mol. The highest BCUT2D eigenvalue weighted by molar-refractivity contribution is 9.10. The smallest absolute Gasteiger partial charge is 0.214 e. The van der Waals surface area contributed by atoms with Gasteiger partial charge < -0.3 is 0 Å². The predicted octanol–water partition coefficient (Wildman–Crippen LogP) is 2.15. The summed E-state index contributed by atoms with van der Waals surface area (Å²) in [5, 5.41) is 2.89. The second-order valence-corrected chi connectivity index (χ2v) is 3.41. The Bertz CT molecular complexity index is 444. The number of hydrogen-bond donors (Lipinski definition) is 1. The lowest BCUT2D eigenvalue weighted by Gasteiger charge is -1.91. The molecule has 0 spiro atoms. The van der Waals surface area contributed by atoms with Crippen LogP contribution in [0.15, 0.2) is 22.8 Å². The normalized spacial score (nSPS) is 10.6. The summed E-state index contributed by atoms with van der Waals surface area (Å²) < 4.78 is 3.27. The van der Waals surface area contributed by atoms with E-state index < -0.39 is 0 Å². The van der Waals surface area contributed by atoms with Gasteiger partial charge >= 0.3 is 0 Å². The van der Waals surface area contributed by atoms with Crippen molar-refractivity contribution >= 4 is 33.8 Å². The van der Waals surface area contributed by atoms with E-state index in [1.54, 1.807) is 4.52 Å². The molecule has 0 radical (unpaired) electrons. The van der Waals surface area contributed by atoms with E-state index >= 15 is 0 Å². The SMILES string of the molecule is S=c1nc2ccc(Br)cn2[nH]1. The van der Waals surface area contributed by atoms with Gasteiger partial charge in [0.2, 0.25) is 4.77 Å². The van der Waals surface area contributed by atoms with Crippen molar-refractivity contribution in [3.63, 3.8) is 0 Å². The zero-order valence-corrected chi connectivity index (χ0v) is 7.82. The maximum atomic E-state index is 4.85. The molecule has 0 atom stereocenters. The number of aromatic nitrogens is 3. The zero-order valence-electron chi connectivity index (χ0n) is 5.41. The third-order valence-electron chi connectivity index (χ3n) is 1.32. The van der Waals surface area contributed by atoms with Crippen LogP contribution in [0.4, 0.5) is 0 Å². The molecule has 2 rings (SSSR count). The van der Waals surface area contributed by atoms with E-state index in [4.69, 9.17) is 12.2 Å². The fourth-order valence-corrected chi connectivity index (χ4v) is 1.41. The molecule has 0 bridgehead atoms. The van der Waals surface area contributed by atoms with Gasteiger partial charge in [-0.3, -0.25) is 5.10 Å². The molecule has 0 amide bonds. The average molecular weight is 230 g/mol. The summed E-state index contributed by atoms with van der Waals surface area (Å²) in [6.07, 6.45) is 1.87. The highest BCUT2D eigenvalue weighted by Gasteiger charge is 1.93. The first-order chi connectivity index (χ1) is 5.25. The Labute approximate surface area is 76.2 Å². The van der Waals surface area contributed by atoms with Gasteiger partial charge in [-0.1, -0.05) is 0 Å². The third kappa shape index (κ3) is 1.21. The van der Waals surface area contributed by atoms with Crippen molar-refractivity contribution in [3.8, 4) is 0 Å². The second-order valence-electron chi connectivity index (χ2n) is 2.10. The van der Waals surface area contributed by atoms with Gasteiger partial charge in [-0.25, -0.2) is 4.52 Å². The lowest BCUT2D eigenvalue weighted by molar-refractivity contribution is 0.948. The first kappa shape index (κ1) is 7.00. The van der Waals surface area contributed by atoms with Gasteiger partial charge in [-0.2, -0.15) is 4.98 Å². The minimum Gasteiger partial charge on any atom is -0.267 e. The lowest BCUT2D eigenvalue weighted by Crippen LogP contribution is -1.84. The van der Waals surface area contributed by atoms with Crippen molar-refractivity contribution in [2.75, 3.05) is 0 Å². The third-order valence-corrected chi connectivity index (χ3v) is 1.97. The quantitative estimate of drug-likeness (QED) is 0.703. The molecule has 0 saturated carbocycles. The summed E-state index contributed by atoms with van der Waals surface area (Å²) in [5.74, 6) is 0. The van der Waals surface area contributed by atoms with E-state index in [2.05, 4.69) is 26.0 Å². The molecule has 3 nitrogen and oxygen atoms in total. The van der Waals surface area contributed by atoms with Crippen molar-refractivity contribution in [1.82, 2.24) is 14.6 Å². The Balaban J connectivity index is 2.92. The van der Waals surface area contributed by atoms with Gasteiger partial charge in [0, 0.05) is 10.7 Å². The van der Waals surface area contributed by atoms with Crippen LogP contribution in [0.2, 0.25) is 0 Å². The largest absolute Gasteiger partial charge is 0.267 e. The lowest BCUT2D eigenvalue weighted by atomic mass is 10.5. The van der Waals surface area contributed by atoms with Gasteiger partial charge in [0.1, 0.15) is 0 Å². The standard InChI is InChI=1S/C6H4BrN3S/c7-4-1-2-5-8-6(11)9-10(5)3-4/h1-3H,(H,9,11). The first-order valence-electron chi connectivity index (χ1n) is 3.00. The predicted molar refractivity (Wildman–Crippen MR) is 48.1 cm³/mol. The highest BCUT2D eigenvalue weighted by atomic mass is 79.9. The molecular formula is C6H4BrN3S. The number of H-pyrrole nitrogens is 1. The van der Waals surface area contributed by atoms with Crippen LogP contribution in [0.1, 0.15) is 0 Å². The Morgan fingerprint density at radius 2 is 2.36 bits per heavy atom. The van der Waals surface area contributed by atoms with Gasteiger partial charge in [-0.05, 0) is 40.3 Å². The van der Waals surface area contributed by atoms with E-state index in [1.807, 2.05) is 18.3 Å². The van der Waals surface area contributed by atoms with Gasteiger partial charge in [0.05, 0.1) is 0 Å². The molecule has 0 aliphatic carbocycles. The van der Waals surface area contributed by atoms with Gasteiger partial charge in [0.15, 0.2) is 5.65 Å². The number of fused-ring (bicyclic) bond motifs is 1. The van der Waals surface area contributed by atoms with Crippen molar-refractivity contribution in [2.45, 2.75) is 0 Å². The molecule has 0 unspecified atom stereocenters. The van der Waals surface area contributed by atoms with Gasteiger partial charge in [-0.15, -0.1) is 0 Å². The van der Waals surface area contributed by atoms with Crippen molar-refractivity contribution in [1.29, 1.82) is 0 Å². The molecule has 11 heavy (non-hydrogen) atoms. The molecule has 0 aliphatic heterocycles. The van der Waals surface area contributed by atoms with Crippen LogP contribution in [0.5, 0.6) is 0 Å². The van der Waals surface area contributed by atoms with Crippen LogP contribution < -0.4 is 0 Å². The Hall–Kier alpha value is -0.680. The fourth-order valence-electron chi connectivity index (χ4n) is 0.880. The molecule has 2 heterocycles. The summed E-state index contributed by atoms with van der Waals surface area (Å²) in [6.45, 7) is 0. The van der Waals surface area contributed by atoms with Crippen LogP contribution >= 0.6 is 28.1 Å². The number of hydrogen-bond acceptors (Lipinski definition) is 2. The van der Waals surface area contributed by atoms with Gasteiger partial charge in [0.25, 0.3) is 0 Å². The number of aromatic amines is 1. The van der Waals surface area contributed by atoms with Crippen LogP contribution in [-0.4, -0.2) is 14.6 Å². The van der Waals surface area contributed by atoms with Crippen LogP contribution in [0.3, 0.4) is 0 Å². The molecule has 1 N–H and O–H groups in total. The average Bonchev–Trinajstić information content (AvgIpc) is 2.27. The van der Waals surface area contributed by atoms with E-state index in [1.165, 1.54) is 0 Å². The fraction of sp³-hybridized carbons (Fsp3) is 0. The summed E-state index contributed by atoms with van der Waals surface area (Å²) in [6, 6.07) is 3.81. The number of pyridine rings is 1. The highest BCUT2D eigenvalue weighted by Crippen LogP contribution is 2.09. The molecule has 5 heteroatoms. The van der Waals surface area contributed by atoms with Crippen LogP contribution in [0, 0.1) is 4.77 Å². The van der Waals surface area contributed by atoms with Crippen molar-refractivity contribution < 1.29 is 0 Å². The number of rotatable bonds is 0. The summed E-state index contributed by atoms with van der Waals surface area (Å²) in [5.41, 5.74) is 0.832. The Morgan fingerprint density at radius 3 is 3.18 bits per heavy atom. The number of nitrogens with one attached hydrogen (secondary N) is 1. The van der Waals surface area contributed by atoms with E-state index in [0.29, 0.717) is 4.77 Å². The summed E-state index contributed by atoms with van der Waals surface area (Å²) in [4.78, 5) is 4.06. The van der Waals surface area contributed by atoms with Crippen molar-refractivity contribution in [2.24, 2.45) is 0 Å². The van der Waals surface area contributed by atoms with Crippen LogP contribution in [0.25, 0.3) is 5.65 Å². The maximum Gasteiger partial charge on any atom is 0.214 e. The molecule has 2 aromatic heterocycles. The zero-order chi connectivity index (χ0) is 7.84. The van der Waals surface area contributed by atoms with Crippen LogP contribution in [-0.2, 0) is 0 Å². The molecule has 2 aromatic rings. The van der Waals surface area contributed by atoms with E-state index in [0.717, 1.165) is 10.1 Å². The minimum absolute atomic E-state index is 0.503. The second kappa shape index (κ2) is 2.42. The summed E-state index contributed by atoms with van der Waals surface area (Å²) in [7, 11) is 0. The molecule has 0 aromatic carbocycles. The van der Waals surface area contributed by atoms with E-state index in [9.17, 15) is 0 Å². The topological polar surface area (TPSA) is 33.1 Å². The number of halogens is 1. The van der Waals surface area contributed by atoms with E-state index in [-0.39, 0.29) is 0 Å². The first-order valence-corrected chi connectivity index (χ1v) is 4.20. The molecule has 0 fully saturated rings. The Morgan fingerprint density at radius 1 is 1.55 bits per heavy atom. The summed E-state index contributed by atoms with van der Waals surface area (Å²) >= 11 is 8.19. The minimum atomic E-state index is 0.503. The molecule has 56 valence electrons. The number of nitrogens with zero attached hydrogens (tertiary/aromatic N) is 2. The monoisotopic (exact) mass is 229 g/mol.